The van der Waals surface area contributed by atoms with Crippen LogP contribution < -0.4 is 14.8 Å². The van der Waals surface area contributed by atoms with Crippen LogP contribution in [0.4, 0.5) is 0 Å². The van der Waals surface area contributed by atoms with E-state index in [-0.39, 0.29) is 5.91 Å². The van der Waals surface area contributed by atoms with Crippen molar-refractivity contribution in [3.05, 3.63) is 30.0 Å². The van der Waals surface area contributed by atoms with E-state index in [1.54, 1.807) is 24.3 Å². The SMILES string of the molecule is COc1cc(C=CNC(C)=O)ccc1OC(C)=O. The van der Waals surface area contributed by atoms with Crippen LogP contribution in [0.1, 0.15) is 19.4 Å². The zero-order valence-corrected chi connectivity index (χ0v) is 10.5. The van der Waals surface area contributed by atoms with Crippen molar-refractivity contribution in [1.82, 2.24) is 5.32 Å². The molecule has 0 aliphatic carbocycles. The smallest absolute Gasteiger partial charge is 0.308 e. The zero-order chi connectivity index (χ0) is 13.5. The predicted octanol–water partition coefficient (Wildman–Crippen LogP) is 1.73. The fourth-order valence-electron chi connectivity index (χ4n) is 1.28. The molecular weight excluding hydrogens is 234 g/mol. The Hall–Kier alpha value is -2.30. The highest BCUT2D eigenvalue weighted by molar-refractivity contribution is 5.75. The lowest BCUT2D eigenvalue weighted by Crippen LogP contribution is -2.11. The molecule has 0 heterocycles. The molecule has 0 bridgehead atoms. The molecule has 0 aliphatic rings. The van der Waals surface area contributed by atoms with Gasteiger partial charge in [0, 0.05) is 20.0 Å². The maximum absolute atomic E-state index is 10.9. The summed E-state index contributed by atoms with van der Waals surface area (Å²) in [6.07, 6.45) is 3.24. The van der Waals surface area contributed by atoms with Crippen molar-refractivity contribution in [2.24, 2.45) is 0 Å². The molecule has 5 heteroatoms. The largest absolute Gasteiger partial charge is 0.493 e. The topological polar surface area (TPSA) is 64.6 Å². The fraction of sp³-hybridized carbons (Fsp3) is 0.231. The highest BCUT2D eigenvalue weighted by atomic mass is 16.6. The quantitative estimate of drug-likeness (QED) is 0.652. The molecule has 0 aromatic heterocycles. The van der Waals surface area contributed by atoms with E-state index in [0.717, 1.165) is 5.56 Å². The normalized spacial score (nSPS) is 10.2. The summed E-state index contributed by atoms with van der Waals surface area (Å²) in [5, 5.41) is 2.53. The molecule has 1 aromatic rings. The number of carbonyl (C=O) groups excluding carboxylic acids is 2. The Labute approximate surface area is 105 Å². The molecule has 0 saturated heterocycles. The van der Waals surface area contributed by atoms with Gasteiger partial charge in [0.15, 0.2) is 11.5 Å². The van der Waals surface area contributed by atoms with Gasteiger partial charge >= 0.3 is 5.97 Å². The number of rotatable bonds is 4. The summed E-state index contributed by atoms with van der Waals surface area (Å²) in [6, 6.07) is 5.09. The first kappa shape index (κ1) is 13.8. The number of methoxy groups -OCH3 is 1. The van der Waals surface area contributed by atoms with Crippen molar-refractivity contribution in [3.63, 3.8) is 0 Å². The third kappa shape index (κ3) is 4.29. The van der Waals surface area contributed by atoms with Gasteiger partial charge in [0.25, 0.3) is 0 Å². The number of hydrogen-bond acceptors (Lipinski definition) is 4. The summed E-state index contributed by atoms with van der Waals surface area (Å²) in [7, 11) is 1.49. The Balaban J connectivity index is 2.87. The van der Waals surface area contributed by atoms with Gasteiger partial charge in [0.1, 0.15) is 0 Å². The van der Waals surface area contributed by atoms with Gasteiger partial charge in [-0.25, -0.2) is 0 Å². The lowest BCUT2D eigenvalue weighted by atomic mass is 10.2. The Kier molecular flexibility index (Phi) is 4.92. The molecular formula is C13H15NO4. The molecule has 1 amide bonds. The molecule has 0 radical (unpaired) electrons. The van der Waals surface area contributed by atoms with Crippen LogP contribution in [0.3, 0.4) is 0 Å². The third-order valence-electron chi connectivity index (χ3n) is 2.00. The van der Waals surface area contributed by atoms with Crippen LogP contribution in [-0.2, 0) is 9.59 Å². The molecule has 0 aliphatic heterocycles. The summed E-state index contributed by atoms with van der Waals surface area (Å²) >= 11 is 0. The summed E-state index contributed by atoms with van der Waals surface area (Å²) < 4.78 is 10.1. The average Bonchev–Trinajstić information content (AvgIpc) is 2.29. The molecule has 0 fully saturated rings. The van der Waals surface area contributed by atoms with E-state index in [4.69, 9.17) is 9.47 Å². The van der Waals surface area contributed by atoms with Crippen LogP contribution in [0.25, 0.3) is 6.08 Å². The lowest BCUT2D eigenvalue weighted by Gasteiger charge is -2.08. The van der Waals surface area contributed by atoms with Gasteiger partial charge < -0.3 is 14.8 Å². The van der Waals surface area contributed by atoms with Gasteiger partial charge in [-0.05, 0) is 23.8 Å². The molecule has 0 spiro atoms. The second-order valence-electron chi connectivity index (χ2n) is 3.54. The number of hydrogen-bond donors (Lipinski definition) is 1. The van der Waals surface area contributed by atoms with Crippen LogP contribution >= 0.6 is 0 Å². The zero-order valence-electron chi connectivity index (χ0n) is 10.5. The molecule has 5 nitrogen and oxygen atoms in total. The van der Waals surface area contributed by atoms with E-state index in [1.807, 2.05) is 0 Å². The minimum atomic E-state index is -0.408. The third-order valence-corrected chi connectivity index (χ3v) is 2.00. The summed E-state index contributed by atoms with van der Waals surface area (Å²) in [5.74, 6) is 0.265. The maximum Gasteiger partial charge on any atom is 0.308 e. The van der Waals surface area contributed by atoms with E-state index in [2.05, 4.69) is 5.32 Å². The van der Waals surface area contributed by atoms with Gasteiger partial charge in [-0.2, -0.15) is 0 Å². The molecule has 18 heavy (non-hydrogen) atoms. The Bertz CT molecular complexity index is 480. The number of esters is 1. The minimum Gasteiger partial charge on any atom is -0.493 e. The second kappa shape index (κ2) is 6.44. The van der Waals surface area contributed by atoms with Crippen molar-refractivity contribution >= 4 is 18.0 Å². The lowest BCUT2D eigenvalue weighted by molar-refractivity contribution is -0.132. The first-order valence-corrected chi connectivity index (χ1v) is 5.33. The summed E-state index contributed by atoms with van der Waals surface area (Å²) in [6.45, 7) is 2.75. The van der Waals surface area contributed by atoms with Crippen LogP contribution in [-0.4, -0.2) is 19.0 Å². The maximum atomic E-state index is 10.9. The molecule has 96 valence electrons. The van der Waals surface area contributed by atoms with Crippen molar-refractivity contribution < 1.29 is 19.1 Å². The summed E-state index contributed by atoms with van der Waals surface area (Å²) in [5.41, 5.74) is 0.816. The standard InChI is InChI=1S/C13H15NO4/c1-9(15)14-7-6-11-4-5-12(18-10(2)16)13(8-11)17-3/h4-8H,1-3H3,(H,14,15). The average molecular weight is 249 g/mol. The van der Waals surface area contributed by atoms with E-state index in [9.17, 15) is 9.59 Å². The number of carbonyl (C=O) groups is 2. The van der Waals surface area contributed by atoms with E-state index < -0.39 is 5.97 Å². The van der Waals surface area contributed by atoms with E-state index in [0.29, 0.717) is 11.5 Å². The van der Waals surface area contributed by atoms with Crippen LogP contribution in [0, 0.1) is 0 Å². The van der Waals surface area contributed by atoms with Gasteiger partial charge in [0.2, 0.25) is 5.91 Å². The molecule has 1 rings (SSSR count). The monoisotopic (exact) mass is 249 g/mol. The van der Waals surface area contributed by atoms with Crippen molar-refractivity contribution in [3.8, 4) is 11.5 Å². The first-order valence-electron chi connectivity index (χ1n) is 5.33. The number of amides is 1. The first-order chi connectivity index (χ1) is 8.52. The van der Waals surface area contributed by atoms with Crippen LogP contribution in [0.2, 0.25) is 0 Å². The second-order valence-corrected chi connectivity index (χ2v) is 3.54. The van der Waals surface area contributed by atoms with Crippen LogP contribution in [0.5, 0.6) is 11.5 Å². The Morgan fingerprint density at radius 1 is 1.22 bits per heavy atom. The predicted molar refractivity (Wildman–Crippen MR) is 67.2 cm³/mol. The highest BCUT2D eigenvalue weighted by Crippen LogP contribution is 2.28. The van der Waals surface area contributed by atoms with Gasteiger partial charge in [-0.3, -0.25) is 9.59 Å². The molecule has 1 aromatic carbocycles. The van der Waals surface area contributed by atoms with E-state index in [1.165, 1.54) is 27.2 Å². The Morgan fingerprint density at radius 3 is 2.50 bits per heavy atom. The van der Waals surface area contributed by atoms with Gasteiger partial charge in [-0.15, -0.1) is 0 Å². The van der Waals surface area contributed by atoms with Crippen LogP contribution in [0.15, 0.2) is 24.4 Å². The van der Waals surface area contributed by atoms with Crippen molar-refractivity contribution in [2.45, 2.75) is 13.8 Å². The molecule has 0 unspecified atom stereocenters. The van der Waals surface area contributed by atoms with Crippen molar-refractivity contribution in [2.75, 3.05) is 7.11 Å². The minimum absolute atomic E-state index is 0.144. The molecule has 0 atom stereocenters. The summed E-state index contributed by atoms with van der Waals surface area (Å²) in [4.78, 5) is 21.6. The fourth-order valence-corrected chi connectivity index (χ4v) is 1.28. The van der Waals surface area contributed by atoms with Gasteiger partial charge in [-0.1, -0.05) is 6.07 Å². The molecule has 1 N–H and O–H groups in total. The van der Waals surface area contributed by atoms with E-state index >= 15 is 0 Å². The number of benzene rings is 1. The molecule has 0 saturated carbocycles. The number of nitrogens with one attached hydrogen (secondary N) is 1. The van der Waals surface area contributed by atoms with Crippen molar-refractivity contribution in [1.29, 1.82) is 0 Å². The van der Waals surface area contributed by atoms with Gasteiger partial charge in [0.05, 0.1) is 7.11 Å². The highest BCUT2D eigenvalue weighted by Gasteiger charge is 2.06. The Morgan fingerprint density at radius 2 is 1.94 bits per heavy atom. The number of ether oxygens (including phenoxy) is 2.